The molecule has 26 heavy (non-hydrogen) atoms. The van der Waals surface area contributed by atoms with Crippen molar-refractivity contribution in [1.82, 2.24) is 5.32 Å². The van der Waals surface area contributed by atoms with Gasteiger partial charge in [-0.2, -0.15) is 13.2 Å². The molecule has 0 aromatic heterocycles. The van der Waals surface area contributed by atoms with E-state index in [1.54, 1.807) is 6.07 Å². The predicted octanol–water partition coefficient (Wildman–Crippen LogP) is 5.22. The van der Waals surface area contributed by atoms with E-state index >= 15 is 0 Å². The average Bonchev–Trinajstić information content (AvgIpc) is 2.62. The Morgan fingerprint density at radius 2 is 1.69 bits per heavy atom. The van der Waals surface area contributed by atoms with Crippen LogP contribution in [0.3, 0.4) is 0 Å². The van der Waals surface area contributed by atoms with E-state index in [1.807, 2.05) is 30.3 Å². The Bertz CT molecular complexity index is 685. The van der Waals surface area contributed by atoms with E-state index in [9.17, 15) is 13.2 Å². The van der Waals surface area contributed by atoms with Crippen LogP contribution in [0, 0.1) is 0 Å². The summed E-state index contributed by atoms with van der Waals surface area (Å²) in [7, 11) is 0. The molecule has 1 saturated heterocycles. The van der Waals surface area contributed by atoms with Crippen molar-refractivity contribution in [2.75, 3.05) is 19.7 Å². The van der Waals surface area contributed by atoms with E-state index in [4.69, 9.17) is 4.74 Å². The van der Waals surface area contributed by atoms with E-state index < -0.39 is 11.7 Å². The van der Waals surface area contributed by atoms with E-state index in [-0.39, 0.29) is 18.3 Å². The first-order chi connectivity index (χ1) is 12.0. The maximum atomic E-state index is 13.2. The summed E-state index contributed by atoms with van der Waals surface area (Å²) in [5.74, 6) is 0.458. The van der Waals surface area contributed by atoms with E-state index in [0.29, 0.717) is 18.8 Å². The highest BCUT2D eigenvalue weighted by Crippen LogP contribution is 2.36. The molecule has 0 atom stereocenters. The third-order valence-corrected chi connectivity index (χ3v) is 4.57. The third-order valence-electron chi connectivity index (χ3n) is 4.57. The second-order valence-electron chi connectivity index (χ2n) is 6.40. The highest BCUT2D eigenvalue weighted by atomic mass is 35.5. The molecule has 0 bridgehead atoms. The van der Waals surface area contributed by atoms with E-state index in [1.165, 1.54) is 6.07 Å². The maximum absolute atomic E-state index is 13.2. The Kier molecular flexibility index (Phi) is 7.35. The SMILES string of the molecule is Cl.FC(F)(F)c1cc(OCCc2ccccc2)cc(C2CCNCC2)c1. The van der Waals surface area contributed by atoms with Gasteiger partial charge in [-0.05, 0) is 61.2 Å². The zero-order valence-corrected chi connectivity index (χ0v) is 15.2. The molecule has 1 N–H and O–H groups in total. The number of benzene rings is 2. The molecule has 1 heterocycles. The standard InChI is InChI=1S/C20H22F3NO.ClH/c21-20(22,23)18-12-17(16-6-9-24-10-7-16)13-19(14-18)25-11-8-15-4-2-1-3-5-15;/h1-5,12-14,16,24H,6-11H2;1H. The molecule has 0 unspecified atom stereocenters. The van der Waals surface area contributed by atoms with Crippen molar-refractivity contribution in [2.24, 2.45) is 0 Å². The molecule has 2 aromatic carbocycles. The molecule has 142 valence electrons. The van der Waals surface area contributed by atoms with Gasteiger partial charge in [-0.25, -0.2) is 0 Å². The first-order valence-corrected chi connectivity index (χ1v) is 8.62. The average molecular weight is 386 g/mol. The van der Waals surface area contributed by atoms with Crippen LogP contribution in [0.2, 0.25) is 0 Å². The van der Waals surface area contributed by atoms with Crippen LogP contribution < -0.4 is 10.1 Å². The Hall–Kier alpha value is -1.72. The molecule has 2 aromatic rings. The normalized spacial score (nSPS) is 15.3. The van der Waals surface area contributed by atoms with Gasteiger partial charge in [0.05, 0.1) is 12.2 Å². The summed E-state index contributed by atoms with van der Waals surface area (Å²) >= 11 is 0. The van der Waals surface area contributed by atoms with Crippen LogP contribution in [0.15, 0.2) is 48.5 Å². The molecule has 1 aliphatic heterocycles. The summed E-state index contributed by atoms with van der Waals surface area (Å²) in [4.78, 5) is 0. The molecule has 1 aliphatic rings. The molecule has 0 amide bonds. The number of nitrogens with one attached hydrogen (secondary N) is 1. The van der Waals surface area contributed by atoms with E-state index in [0.717, 1.165) is 43.1 Å². The maximum Gasteiger partial charge on any atom is 0.416 e. The lowest BCUT2D eigenvalue weighted by atomic mass is 9.89. The minimum Gasteiger partial charge on any atom is -0.493 e. The van der Waals surface area contributed by atoms with Gasteiger partial charge < -0.3 is 10.1 Å². The van der Waals surface area contributed by atoms with Crippen LogP contribution in [0.4, 0.5) is 13.2 Å². The second kappa shape index (κ2) is 9.28. The Labute approximate surface area is 158 Å². The molecular formula is C20H23ClF3NO. The number of alkyl halides is 3. The van der Waals surface area contributed by atoms with Crippen LogP contribution in [0.1, 0.15) is 35.4 Å². The second-order valence-corrected chi connectivity index (χ2v) is 6.40. The lowest BCUT2D eigenvalue weighted by Gasteiger charge is -2.24. The first kappa shape index (κ1) is 20.6. The minimum absolute atomic E-state index is 0. The van der Waals surface area contributed by atoms with Gasteiger partial charge >= 0.3 is 6.18 Å². The van der Waals surface area contributed by atoms with Crippen molar-refractivity contribution >= 4 is 12.4 Å². The topological polar surface area (TPSA) is 21.3 Å². The smallest absolute Gasteiger partial charge is 0.416 e. The van der Waals surface area contributed by atoms with Gasteiger partial charge in [-0.15, -0.1) is 12.4 Å². The van der Waals surface area contributed by atoms with Crippen LogP contribution in [0.5, 0.6) is 5.75 Å². The number of hydrogen-bond acceptors (Lipinski definition) is 2. The molecule has 0 radical (unpaired) electrons. The summed E-state index contributed by atoms with van der Waals surface area (Å²) in [5, 5.41) is 3.24. The molecule has 6 heteroatoms. The molecule has 3 rings (SSSR count). The zero-order chi connectivity index (χ0) is 17.7. The molecule has 0 aliphatic carbocycles. The summed E-state index contributed by atoms with van der Waals surface area (Å²) < 4.78 is 45.4. The quantitative estimate of drug-likeness (QED) is 0.762. The van der Waals surface area contributed by atoms with Gasteiger partial charge in [0.15, 0.2) is 0 Å². The van der Waals surface area contributed by atoms with Gasteiger partial charge in [0.25, 0.3) is 0 Å². The lowest BCUT2D eigenvalue weighted by Crippen LogP contribution is -2.26. The molecule has 2 nitrogen and oxygen atoms in total. The Balaban J connectivity index is 0.00000243. The van der Waals surface area contributed by atoms with Crippen molar-refractivity contribution in [3.05, 3.63) is 65.2 Å². The zero-order valence-electron chi connectivity index (χ0n) is 14.4. The van der Waals surface area contributed by atoms with E-state index in [2.05, 4.69) is 5.32 Å². The summed E-state index contributed by atoms with van der Waals surface area (Å²) in [6.45, 7) is 2.03. The van der Waals surface area contributed by atoms with Crippen molar-refractivity contribution in [2.45, 2.75) is 31.4 Å². The monoisotopic (exact) mass is 385 g/mol. The fourth-order valence-corrected chi connectivity index (χ4v) is 3.19. The molecular weight excluding hydrogens is 363 g/mol. The van der Waals surface area contributed by atoms with Gasteiger partial charge in [-0.1, -0.05) is 30.3 Å². The first-order valence-electron chi connectivity index (χ1n) is 8.62. The summed E-state index contributed by atoms with van der Waals surface area (Å²) in [6.07, 6.45) is -1.99. The largest absolute Gasteiger partial charge is 0.493 e. The van der Waals surface area contributed by atoms with Crippen molar-refractivity contribution in [3.63, 3.8) is 0 Å². The van der Waals surface area contributed by atoms with Gasteiger partial charge in [0, 0.05) is 6.42 Å². The number of ether oxygens (including phenoxy) is 1. The van der Waals surface area contributed by atoms with Crippen LogP contribution >= 0.6 is 12.4 Å². The fraction of sp³-hybridized carbons (Fsp3) is 0.400. The predicted molar refractivity (Wildman–Crippen MR) is 99.2 cm³/mol. The molecule has 0 saturated carbocycles. The number of piperidine rings is 1. The summed E-state index contributed by atoms with van der Waals surface area (Å²) in [5.41, 5.74) is 1.21. The molecule has 0 spiro atoms. The van der Waals surface area contributed by atoms with Gasteiger partial charge in [0.2, 0.25) is 0 Å². The highest BCUT2D eigenvalue weighted by Gasteiger charge is 2.32. The minimum atomic E-state index is -4.36. The highest BCUT2D eigenvalue weighted by molar-refractivity contribution is 5.85. The summed E-state index contributed by atoms with van der Waals surface area (Å²) in [6, 6.07) is 13.9. The van der Waals surface area contributed by atoms with Crippen LogP contribution in [0.25, 0.3) is 0 Å². The number of hydrogen-bond donors (Lipinski definition) is 1. The molecule has 1 fully saturated rings. The number of halogens is 4. The van der Waals surface area contributed by atoms with Crippen molar-refractivity contribution < 1.29 is 17.9 Å². The van der Waals surface area contributed by atoms with Crippen molar-refractivity contribution in [3.8, 4) is 5.75 Å². The van der Waals surface area contributed by atoms with Crippen LogP contribution in [-0.2, 0) is 12.6 Å². The van der Waals surface area contributed by atoms with Crippen molar-refractivity contribution in [1.29, 1.82) is 0 Å². The van der Waals surface area contributed by atoms with Gasteiger partial charge in [0.1, 0.15) is 5.75 Å². The van der Waals surface area contributed by atoms with Crippen LogP contribution in [-0.4, -0.2) is 19.7 Å². The number of rotatable bonds is 5. The Morgan fingerprint density at radius 1 is 1.00 bits per heavy atom. The third kappa shape index (κ3) is 5.64. The Morgan fingerprint density at radius 3 is 2.35 bits per heavy atom. The van der Waals surface area contributed by atoms with Gasteiger partial charge in [-0.3, -0.25) is 0 Å². The fourth-order valence-electron chi connectivity index (χ4n) is 3.19. The lowest BCUT2D eigenvalue weighted by molar-refractivity contribution is -0.137.